The number of hydrogen-bond acceptors (Lipinski definition) is 5. The molecule has 0 atom stereocenters. The van der Waals surface area contributed by atoms with E-state index in [4.69, 9.17) is 9.26 Å². The summed E-state index contributed by atoms with van der Waals surface area (Å²) in [6.45, 7) is 4.92. The first kappa shape index (κ1) is 18.2. The van der Waals surface area contributed by atoms with E-state index in [1.54, 1.807) is 10.9 Å². The molecule has 2 aromatic heterocycles. The predicted octanol–water partition coefficient (Wildman–Crippen LogP) is 3.30. The molecular formula is C20H23N5O3. The van der Waals surface area contributed by atoms with Crippen LogP contribution in [0.3, 0.4) is 0 Å². The smallest absolute Gasteiger partial charge is 0.320 e. The van der Waals surface area contributed by atoms with Crippen LogP contribution in [0, 0.1) is 13.8 Å². The van der Waals surface area contributed by atoms with Crippen LogP contribution in [0.2, 0.25) is 0 Å². The van der Waals surface area contributed by atoms with Gasteiger partial charge in [-0.2, -0.15) is 5.10 Å². The lowest BCUT2D eigenvalue weighted by Crippen LogP contribution is -2.50. The molecule has 1 aromatic carbocycles. The monoisotopic (exact) mass is 381 g/mol. The second-order valence-electron chi connectivity index (χ2n) is 7.06. The van der Waals surface area contributed by atoms with E-state index < -0.39 is 5.54 Å². The lowest BCUT2D eigenvalue weighted by molar-refractivity contribution is 0.0307. The first-order valence-electron chi connectivity index (χ1n) is 9.27. The summed E-state index contributed by atoms with van der Waals surface area (Å²) in [7, 11) is 0. The predicted molar refractivity (Wildman–Crippen MR) is 103 cm³/mol. The van der Waals surface area contributed by atoms with Crippen LogP contribution in [0.4, 0.5) is 10.5 Å². The Morgan fingerprint density at radius 1 is 1.21 bits per heavy atom. The number of amides is 2. The summed E-state index contributed by atoms with van der Waals surface area (Å²) >= 11 is 0. The van der Waals surface area contributed by atoms with Crippen molar-refractivity contribution in [2.24, 2.45) is 0 Å². The molecule has 1 aliphatic heterocycles. The van der Waals surface area contributed by atoms with Gasteiger partial charge < -0.3 is 19.9 Å². The van der Waals surface area contributed by atoms with E-state index in [0.717, 1.165) is 22.6 Å². The highest BCUT2D eigenvalue weighted by Gasteiger charge is 2.39. The topological polar surface area (TPSA) is 94.2 Å². The number of nitrogens with one attached hydrogen (secondary N) is 2. The van der Waals surface area contributed by atoms with Gasteiger partial charge in [-0.15, -0.1) is 0 Å². The Morgan fingerprint density at radius 3 is 2.71 bits per heavy atom. The molecule has 28 heavy (non-hydrogen) atoms. The molecule has 1 saturated heterocycles. The summed E-state index contributed by atoms with van der Waals surface area (Å²) in [4.78, 5) is 12.9. The molecule has 0 radical (unpaired) electrons. The molecule has 2 amide bonds. The van der Waals surface area contributed by atoms with Crippen LogP contribution < -0.4 is 10.6 Å². The first-order valence-corrected chi connectivity index (χ1v) is 9.27. The molecule has 0 saturated carbocycles. The minimum absolute atomic E-state index is 0.295. The highest BCUT2D eigenvalue weighted by molar-refractivity contribution is 5.91. The number of aryl methyl sites for hydroxylation is 2. The van der Waals surface area contributed by atoms with E-state index in [0.29, 0.717) is 31.8 Å². The van der Waals surface area contributed by atoms with Crippen LogP contribution in [0.15, 0.2) is 47.2 Å². The van der Waals surface area contributed by atoms with Crippen LogP contribution in [0.1, 0.15) is 29.9 Å². The molecule has 3 heterocycles. The van der Waals surface area contributed by atoms with Gasteiger partial charge in [0.25, 0.3) is 0 Å². The maximum absolute atomic E-state index is 12.9. The lowest BCUT2D eigenvalue weighted by Gasteiger charge is -2.35. The average molecular weight is 381 g/mol. The van der Waals surface area contributed by atoms with Crippen molar-refractivity contribution in [2.45, 2.75) is 32.2 Å². The Kier molecular flexibility index (Phi) is 4.87. The van der Waals surface area contributed by atoms with Gasteiger partial charge in [-0.05, 0) is 37.6 Å². The minimum Gasteiger partial charge on any atom is -0.381 e. The number of nitrogens with zero attached hydrogens (tertiary/aromatic N) is 3. The van der Waals surface area contributed by atoms with Crippen molar-refractivity contribution in [3.63, 3.8) is 0 Å². The average Bonchev–Trinajstić information content (AvgIpc) is 3.36. The fourth-order valence-electron chi connectivity index (χ4n) is 3.42. The van der Waals surface area contributed by atoms with Crippen LogP contribution in [0.5, 0.6) is 0 Å². The third kappa shape index (κ3) is 3.63. The van der Waals surface area contributed by atoms with Crippen molar-refractivity contribution in [1.29, 1.82) is 0 Å². The second-order valence-corrected chi connectivity index (χ2v) is 7.06. The van der Waals surface area contributed by atoms with Gasteiger partial charge >= 0.3 is 6.03 Å². The molecule has 4 rings (SSSR count). The first-order chi connectivity index (χ1) is 13.6. The lowest BCUT2D eigenvalue weighted by atomic mass is 9.87. The highest BCUT2D eigenvalue weighted by atomic mass is 16.5. The molecule has 3 aromatic rings. The molecular weight excluding hydrogens is 358 g/mol. The Labute approximate surface area is 162 Å². The summed E-state index contributed by atoms with van der Waals surface area (Å²) in [5, 5.41) is 14.3. The van der Waals surface area contributed by atoms with Gasteiger partial charge in [-0.1, -0.05) is 11.2 Å². The number of urea groups is 1. The van der Waals surface area contributed by atoms with Crippen LogP contribution in [-0.2, 0) is 10.3 Å². The van der Waals surface area contributed by atoms with Crippen molar-refractivity contribution < 1.29 is 14.1 Å². The molecule has 1 fully saturated rings. The van der Waals surface area contributed by atoms with Gasteiger partial charge in [-0.3, -0.25) is 0 Å². The Balaban J connectivity index is 1.55. The molecule has 146 valence electrons. The number of anilines is 1. The van der Waals surface area contributed by atoms with Crippen LogP contribution in [0.25, 0.3) is 5.69 Å². The third-order valence-electron chi connectivity index (χ3n) is 5.04. The van der Waals surface area contributed by atoms with Gasteiger partial charge in [0.05, 0.1) is 11.4 Å². The van der Waals surface area contributed by atoms with Crippen molar-refractivity contribution in [1.82, 2.24) is 20.3 Å². The molecule has 2 N–H and O–H groups in total. The largest absolute Gasteiger partial charge is 0.381 e. The third-order valence-corrected chi connectivity index (χ3v) is 5.04. The highest BCUT2D eigenvalue weighted by Crippen LogP contribution is 2.33. The van der Waals surface area contributed by atoms with E-state index in [1.165, 1.54) is 0 Å². The van der Waals surface area contributed by atoms with Gasteiger partial charge in [0.15, 0.2) is 5.76 Å². The van der Waals surface area contributed by atoms with Crippen molar-refractivity contribution >= 4 is 11.7 Å². The molecule has 0 bridgehead atoms. The zero-order chi connectivity index (χ0) is 19.6. The minimum atomic E-state index is -0.628. The van der Waals surface area contributed by atoms with Crippen molar-refractivity contribution in [3.05, 3.63) is 59.7 Å². The maximum Gasteiger partial charge on any atom is 0.320 e. The fraction of sp³-hybridized carbons (Fsp3) is 0.350. The van der Waals surface area contributed by atoms with Crippen LogP contribution >= 0.6 is 0 Å². The molecule has 8 heteroatoms. The Morgan fingerprint density at radius 2 is 2.04 bits per heavy atom. The number of benzene rings is 1. The zero-order valence-corrected chi connectivity index (χ0v) is 15.9. The Bertz CT molecular complexity index is 958. The van der Waals surface area contributed by atoms with E-state index >= 15 is 0 Å². The van der Waals surface area contributed by atoms with E-state index in [9.17, 15) is 4.79 Å². The summed E-state index contributed by atoms with van der Waals surface area (Å²) in [6.07, 6.45) is 4.83. The number of aromatic nitrogens is 3. The molecule has 0 unspecified atom stereocenters. The van der Waals surface area contributed by atoms with Gasteiger partial charge in [-0.25, -0.2) is 9.48 Å². The number of carbonyl (C=O) groups is 1. The van der Waals surface area contributed by atoms with E-state index in [-0.39, 0.29) is 6.03 Å². The quantitative estimate of drug-likeness (QED) is 0.723. The SMILES string of the molecule is Cc1cc(C2(NC(=O)Nc3cc(-n4cccn4)ccc3C)CCOCC2)on1. The Hall–Kier alpha value is -3.13. The number of ether oxygens (including phenoxy) is 1. The number of rotatable bonds is 4. The summed E-state index contributed by atoms with van der Waals surface area (Å²) in [6, 6.07) is 9.25. The van der Waals surface area contributed by atoms with E-state index in [2.05, 4.69) is 20.9 Å². The van der Waals surface area contributed by atoms with Crippen LogP contribution in [-0.4, -0.2) is 34.2 Å². The van der Waals surface area contributed by atoms with Gasteiger partial charge in [0, 0.05) is 50.2 Å². The van der Waals surface area contributed by atoms with E-state index in [1.807, 2.05) is 50.4 Å². The maximum atomic E-state index is 12.9. The number of hydrogen-bond donors (Lipinski definition) is 2. The summed E-state index contributed by atoms with van der Waals surface area (Å²) in [5.41, 5.74) is 2.71. The molecule has 8 nitrogen and oxygen atoms in total. The summed E-state index contributed by atoms with van der Waals surface area (Å²) < 4.78 is 12.7. The molecule has 0 spiro atoms. The molecule has 0 aliphatic carbocycles. The molecule has 1 aliphatic rings. The summed E-state index contributed by atoms with van der Waals surface area (Å²) in [5.74, 6) is 0.658. The van der Waals surface area contributed by atoms with Crippen molar-refractivity contribution in [3.8, 4) is 5.69 Å². The van der Waals surface area contributed by atoms with Gasteiger partial charge in [0.1, 0.15) is 5.54 Å². The van der Waals surface area contributed by atoms with Gasteiger partial charge in [0.2, 0.25) is 0 Å². The standard InChI is InChI=1S/C20H23N5O3/c1-14-4-5-16(25-9-3-8-21-25)13-17(14)22-19(26)23-20(6-10-27-11-7-20)18-12-15(2)24-28-18/h3-5,8-9,12-13H,6-7,10-11H2,1-2H3,(H2,22,23,26). The fourth-order valence-corrected chi connectivity index (χ4v) is 3.42. The number of carbonyl (C=O) groups excluding carboxylic acids is 1. The van der Waals surface area contributed by atoms with Crippen molar-refractivity contribution in [2.75, 3.05) is 18.5 Å². The zero-order valence-electron chi connectivity index (χ0n) is 15.9. The normalized spacial score (nSPS) is 15.9. The second kappa shape index (κ2) is 7.47.